The van der Waals surface area contributed by atoms with Gasteiger partial charge in [-0.25, -0.2) is 0 Å². The standard InChI is InChI=1S/C15H18N2O2S/c1-10(7-11-5-6-20-9-11)17-15(18)13-4-3-12(16)8-14(13)19-2/h3-6,8-10H,7,16H2,1-2H3,(H,17,18). The molecule has 0 radical (unpaired) electrons. The number of benzene rings is 1. The molecule has 3 N–H and O–H groups in total. The Labute approximate surface area is 122 Å². The van der Waals surface area contributed by atoms with E-state index in [0.717, 1.165) is 6.42 Å². The number of nitrogens with two attached hydrogens (primary N) is 1. The van der Waals surface area contributed by atoms with E-state index in [2.05, 4.69) is 16.8 Å². The minimum atomic E-state index is -0.149. The summed E-state index contributed by atoms with van der Waals surface area (Å²) >= 11 is 1.66. The zero-order valence-corrected chi connectivity index (χ0v) is 12.4. The number of nitrogens with one attached hydrogen (secondary N) is 1. The minimum Gasteiger partial charge on any atom is -0.496 e. The molecule has 1 aromatic carbocycles. The number of hydrogen-bond acceptors (Lipinski definition) is 4. The van der Waals surface area contributed by atoms with Gasteiger partial charge in [-0.1, -0.05) is 0 Å². The molecule has 1 amide bonds. The molecule has 0 aliphatic carbocycles. The molecule has 20 heavy (non-hydrogen) atoms. The molecule has 1 heterocycles. The lowest BCUT2D eigenvalue weighted by atomic mass is 10.1. The van der Waals surface area contributed by atoms with Gasteiger partial charge >= 0.3 is 0 Å². The predicted octanol–water partition coefficient (Wildman–Crippen LogP) is 2.70. The van der Waals surface area contributed by atoms with Crippen molar-refractivity contribution in [3.8, 4) is 5.75 Å². The largest absolute Gasteiger partial charge is 0.496 e. The molecule has 0 saturated carbocycles. The van der Waals surface area contributed by atoms with Gasteiger partial charge in [0.15, 0.2) is 0 Å². The van der Waals surface area contributed by atoms with Gasteiger partial charge in [0.25, 0.3) is 5.91 Å². The second kappa shape index (κ2) is 6.43. The van der Waals surface area contributed by atoms with Crippen molar-refractivity contribution in [1.82, 2.24) is 5.32 Å². The van der Waals surface area contributed by atoms with E-state index < -0.39 is 0 Å². The smallest absolute Gasteiger partial charge is 0.255 e. The third kappa shape index (κ3) is 3.51. The Bertz CT molecular complexity index is 582. The number of rotatable bonds is 5. The molecule has 0 bridgehead atoms. The summed E-state index contributed by atoms with van der Waals surface area (Å²) in [5.74, 6) is 0.342. The molecule has 5 heteroatoms. The van der Waals surface area contributed by atoms with Crippen LogP contribution in [0.2, 0.25) is 0 Å². The van der Waals surface area contributed by atoms with E-state index in [0.29, 0.717) is 17.0 Å². The highest BCUT2D eigenvalue weighted by molar-refractivity contribution is 7.07. The summed E-state index contributed by atoms with van der Waals surface area (Å²) in [5.41, 5.74) is 7.99. The normalized spacial score (nSPS) is 11.9. The van der Waals surface area contributed by atoms with Gasteiger partial charge in [-0.2, -0.15) is 11.3 Å². The summed E-state index contributed by atoms with van der Waals surface area (Å²) < 4.78 is 5.20. The summed E-state index contributed by atoms with van der Waals surface area (Å²) in [6.07, 6.45) is 0.812. The van der Waals surface area contributed by atoms with Crippen molar-refractivity contribution in [2.24, 2.45) is 0 Å². The summed E-state index contributed by atoms with van der Waals surface area (Å²) in [5, 5.41) is 7.10. The zero-order chi connectivity index (χ0) is 14.5. The van der Waals surface area contributed by atoms with Crippen molar-refractivity contribution in [2.75, 3.05) is 12.8 Å². The first-order valence-corrected chi connectivity index (χ1v) is 7.30. The maximum atomic E-state index is 12.2. The molecule has 4 nitrogen and oxygen atoms in total. The quantitative estimate of drug-likeness (QED) is 0.832. The van der Waals surface area contributed by atoms with Crippen LogP contribution in [0, 0.1) is 0 Å². The monoisotopic (exact) mass is 290 g/mol. The fourth-order valence-electron chi connectivity index (χ4n) is 2.01. The van der Waals surface area contributed by atoms with Gasteiger partial charge in [-0.15, -0.1) is 0 Å². The van der Waals surface area contributed by atoms with Crippen molar-refractivity contribution in [1.29, 1.82) is 0 Å². The second-order valence-electron chi connectivity index (χ2n) is 4.67. The molecule has 1 unspecified atom stereocenters. The van der Waals surface area contributed by atoms with Crippen LogP contribution in [-0.4, -0.2) is 19.1 Å². The van der Waals surface area contributed by atoms with E-state index in [9.17, 15) is 4.79 Å². The van der Waals surface area contributed by atoms with E-state index in [4.69, 9.17) is 10.5 Å². The Morgan fingerprint density at radius 1 is 1.45 bits per heavy atom. The van der Waals surface area contributed by atoms with Crippen LogP contribution in [0.3, 0.4) is 0 Å². The number of carbonyl (C=O) groups is 1. The Kier molecular flexibility index (Phi) is 4.63. The second-order valence-corrected chi connectivity index (χ2v) is 5.45. The first-order chi connectivity index (χ1) is 9.60. The molecule has 0 spiro atoms. The van der Waals surface area contributed by atoms with Gasteiger partial charge in [-0.3, -0.25) is 4.79 Å². The Morgan fingerprint density at radius 2 is 2.25 bits per heavy atom. The van der Waals surface area contributed by atoms with Gasteiger partial charge in [0, 0.05) is 17.8 Å². The molecule has 106 valence electrons. The van der Waals surface area contributed by atoms with Crippen LogP contribution in [-0.2, 0) is 6.42 Å². The molecule has 2 aromatic rings. The van der Waals surface area contributed by atoms with Gasteiger partial charge in [0.2, 0.25) is 0 Å². The average molecular weight is 290 g/mol. The zero-order valence-electron chi connectivity index (χ0n) is 11.6. The summed E-state index contributed by atoms with van der Waals surface area (Å²) in [6, 6.07) is 7.15. The third-order valence-electron chi connectivity index (χ3n) is 2.97. The Morgan fingerprint density at radius 3 is 2.90 bits per heavy atom. The molecular weight excluding hydrogens is 272 g/mol. The van der Waals surface area contributed by atoms with Crippen LogP contribution in [0.5, 0.6) is 5.75 Å². The Balaban J connectivity index is 2.04. The van der Waals surface area contributed by atoms with Gasteiger partial charge in [-0.05, 0) is 47.9 Å². The molecule has 0 fully saturated rings. The molecule has 0 aliphatic heterocycles. The fraction of sp³-hybridized carbons (Fsp3) is 0.267. The van der Waals surface area contributed by atoms with Gasteiger partial charge < -0.3 is 15.8 Å². The van der Waals surface area contributed by atoms with Gasteiger partial charge in [0.1, 0.15) is 5.75 Å². The van der Waals surface area contributed by atoms with Crippen molar-refractivity contribution in [3.05, 3.63) is 46.2 Å². The predicted molar refractivity (Wildman–Crippen MR) is 82.4 cm³/mol. The number of amides is 1. The first-order valence-electron chi connectivity index (χ1n) is 6.35. The maximum absolute atomic E-state index is 12.2. The van der Waals surface area contributed by atoms with Crippen LogP contribution >= 0.6 is 11.3 Å². The average Bonchev–Trinajstić information content (AvgIpc) is 2.90. The molecule has 1 aromatic heterocycles. The lowest BCUT2D eigenvalue weighted by Gasteiger charge is -2.15. The van der Waals surface area contributed by atoms with Crippen LogP contribution in [0.25, 0.3) is 0 Å². The van der Waals surface area contributed by atoms with Crippen LogP contribution < -0.4 is 15.8 Å². The molecule has 1 atom stereocenters. The van der Waals surface area contributed by atoms with Crippen LogP contribution in [0.1, 0.15) is 22.8 Å². The fourth-order valence-corrected chi connectivity index (χ4v) is 2.69. The highest BCUT2D eigenvalue weighted by Crippen LogP contribution is 2.21. The number of carbonyl (C=O) groups excluding carboxylic acids is 1. The number of thiophene rings is 1. The van der Waals surface area contributed by atoms with Crippen LogP contribution in [0.4, 0.5) is 5.69 Å². The topological polar surface area (TPSA) is 64.3 Å². The number of nitrogen functional groups attached to an aromatic ring is 1. The summed E-state index contributed by atoms with van der Waals surface area (Å²) in [4.78, 5) is 12.2. The highest BCUT2D eigenvalue weighted by atomic mass is 32.1. The van der Waals surface area contributed by atoms with E-state index >= 15 is 0 Å². The molecule has 0 aliphatic rings. The first kappa shape index (κ1) is 14.4. The SMILES string of the molecule is COc1cc(N)ccc1C(=O)NC(C)Cc1ccsc1. The van der Waals surface area contributed by atoms with E-state index in [1.165, 1.54) is 12.7 Å². The summed E-state index contributed by atoms with van der Waals surface area (Å²) in [6.45, 7) is 1.99. The molecule has 0 saturated heterocycles. The number of methoxy groups -OCH3 is 1. The highest BCUT2D eigenvalue weighted by Gasteiger charge is 2.15. The molecule has 2 rings (SSSR count). The van der Waals surface area contributed by atoms with E-state index in [-0.39, 0.29) is 11.9 Å². The number of anilines is 1. The maximum Gasteiger partial charge on any atom is 0.255 e. The lowest BCUT2D eigenvalue weighted by molar-refractivity contribution is 0.0937. The number of hydrogen-bond donors (Lipinski definition) is 2. The number of ether oxygens (including phenoxy) is 1. The van der Waals surface area contributed by atoms with E-state index in [1.54, 1.807) is 29.5 Å². The van der Waals surface area contributed by atoms with Crippen molar-refractivity contribution >= 4 is 22.9 Å². The van der Waals surface area contributed by atoms with Crippen LogP contribution in [0.15, 0.2) is 35.0 Å². The van der Waals surface area contributed by atoms with Gasteiger partial charge in [0.05, 0.1) is 12.7 Å². The van der Waals surface area contributed by atoms with E-state index in [1.807, 2.05) is 12.3 Å². The molecular formula is C15H18N2O2S. The third-order valence-corrected chi connectivity index (χ3v) is 3.70. The minimum absolute atomic E-state index is 0.0550. The van der Waals surface area contributed by atoms with Crippen molar-refractivity contribution < 1.29 is 9.53 Å². The Hall–Kier alpha value is -2.01. The van der Waals surface area contributed by atoms with Crippen molar-refractivity contribution in [2.45, 2.75) is 19.4 Å². The lowest BCUT2D eigenvalue weighted by Crippen LogP contribution is -2.34. The summed E-state index contributed by atoms with van der Waals surface area (Å²) in [7, 11) is 1.53. The van der Waals surface area contributed by atoms with Crippen molar-refractivity contribution in [3.63, 3.8) is 0 Å².